The second-order valence-corrected chi connectivity index (χ2v) is 6.58. The highest BCUT2D eigenvalue weighted by Gasteiger charge is 2.17. The van der Waals surface area contributed by atoms with Gasteiger partial charge in [-0.05, 0) is 36.8 Å². The lowest BCUT2D eigenvalue weighted by Gasteiger charge is -2.36. The Hall–Kier alpha value is -2.53. The van der Waals surface area contributed by atoms with Crippen LogP contribution in [-0.2, 0) is 0 Å². The Kier molecular flexibility index (Phi) is 4.57. The van der Waals surface area contributed by atoms with Gasteiger partial charge in [0.15, 0.2) is 5.58 Å². The van der Waals surface area contributed by atoms with Gasteiger partial charge >= 0.3 is 0 Å². The molecule has 2 heterocycles. The summed E-state index contributed by atoms with van der Waals surface area (Å²) in [5.41, 5.74) is 4.39. The molecule has 1 aliphatic rings. The highest BCUT2D eigenvalue weighted by Crippen LogP contribution is 2.19. The smallest absolute Gasteiger partial charge is 0.295 e. The number of hydrogen-bond acceptors (Lipinski definition) is 5. The van der Waals surface area contributed by atoms with E-state index in [4.69, 9.17) is 4.42 Å². The molecule has 0 bridgehead atoms. The highest BCUT2D eigenvalue weighted by atomic mass is 16.4. The quantitative estimate of drug-likeness (QED) is 0.774. The van der Waals surface area contributed by atoms with Crippen LogP contribution in [0, 0.1) is 6.92 Å². The van der Waals surface area contributed by atoms with Crippen LogP contribution in [0.1, 0.15) is 5.56 Å². The molecule has 0 saturated carbocycles. The normalized spacial score (nSPS) is 15.6. The molecule has 0 aliphatic carbocycles. The Morgan fingerprint density at radius 1 is 1.04 bits per heavy atom. The van der Waals surface area contributed by atoms with Gasteiger partial charge in [-0.3, -0.25) is 4.90 Å². The van der Waals surface area contributed by atoms with Crippen molar-refractivity contribution in [3.05, 3.63) is 54.1 Å². The third-order valence-corrected chi connectivity index (χ3v) is 4.74. The second-order valence-electron chi connectivity index (χ2n) is 6.58. The van der Waals surface area contributed by atoms with E-state index in [1.165, 1.54) is 11.3 Å². The predicted molar refractivity (Wildman–Crippen MR) is 102 cm³/mol. The molecule has 0 unspecified atom stereocenters. The first-order valence-corrected chi connectivity index (χ1v) is 8.91. The van der Waals surface area contributed by atoms with E-state index in [2.05, 4.69) is 51.3 Å². The van der Waals surface area contributed by atoms with Crippen molar-refractivity contribution < 1.29 is 4.42 Å². The lowest BCUT2D eigenvalue weighted by Crippen LogP contribution is -2.47. The van der Waals surface area contributed by atoms with Gasteiger partial charge in [0, 0.05) is 45.0 Å². The number of rotatable bonds is 5. The van der Waals surface area contributed by atoms with Crippen LogP contribution in [0.25, 0.3) is 11.1 Å². The van der Waals surface area contributed by atoms with Crippen LogP contribution in [0.5, 0.6) is 0 Å². The minimum atomic E-state index is 0.611. The van der Waals surface area contributed by atoms with Crippen molar-refractivity contribution in [3.63, 3.8) is 0 Å². The Morgan fingerprint density at radius 2 is 1.88 bits per heavy atom. The Bertz CT molecular complexity index is 803. The maximum absolute atomic E-state index is 5.69. The van der Waals surface area contributed by atoms with Crippen molar-refractivity contribution in [2.75, 3.05) is 49.5 Å². The Labute approximate surface area is 148 Å². The number of hydrogen-bond donors (Lipinski definition) is 1. The molecule has 1 aromatic heterocycles. The Morgan fingerprint density at radius 3 is 2.68 bits per heavy atom. The van der Waals surface area contributed by atoms with E-state index in [0.717, 1.165) is 50.4 Å². The number of nitrogens with zero attached hydrogens (tertiary/aromatic N) is 3. The summed E-state index contributed by atoms with van der Waals surface area (Å²) in [6.45, 7) is 8.32. The molecule has 1 fully saturated rings. The van der Waals surface area contributed by atoms with Crippen LogP contribution in [0.3, 0.4) is 0 Å². The SMILES string of the molecule is Cc1cccc(N2CCN(CCNc3nc4ccccc4o3)CC2)c1. The van der Waals surface area contributed by atoms with Gasteiger partial charge in [-0.25, -0.2) is 0 Å². The summed E-state index contributed by atoms with van der Waals surface area (Å²) in [6.07, 6.45) is 0. The third-order valence-electron chi connectivity index (χ3n) is 4.74. The average molecular weight is 336 g/mol. The fourth-order valence-electron chi connectivity index (χ4n) is 3.32. The number of para-hydroxylation sites is 2. The largest absolute Gasteiger partial charge is 0.424 e. The summed E-state index contributed by atoms with van der Waals surface area (Å²) in [4.78, 5) is 9.41. The average Bonchev–Trinajstić information content (AvgIpc) is 3.05. The molecule has 5 nitrogen and oxygen atoms in total. The molecule has 25 heavy (non-hydrogen) atoms. The van der Waals surface area contributed by atoms with Crippen LogP contribution in [0.2, 0.25) is 0 Å². The molecular formula is C20H24N4O. The van der Waals surface area contributed by atoms with Crippen molar-refractivity contribution in [1.82, 2.24) is 9.88 Å². The summed E-state index contributed by atoms with van der Waals surface area (Å²) in [5.74, 6) is 0. The van der Waals surface area contributed by atoms with Gasteiger partial charge in [0.1, 0.15) is 5.52 Å². The van der Waals surface area contributed by atoms with Gasteiger partial charge < -0.3 is 14.6 Å². The lowest BCUT2D eigenvalue weighted by molar-refractivity contribution is 0.267. The van der Waals surface area contributed by atoms with Crippen molar-refractivity contribution in [1.29, 1.82) is 0 Å². The fraction of sp³-hybridized carbons (Fsp3) is 0.350. The van der Waals surface area contributed by atoms with Crippen molar-refractivity contribution in [3.8, 4) is 0 Å². The van der Waals surface area contributed by atoms with E-state index in [0.29, 0.717) is 6.01 Å². The maximum atomic E-state index is 5.69. The third kappa shape index (κ3) is 3.77. The molecule has 3 aromatic rings. The standard InChI is InChI=1S/C20H24N4O/c1-16-5-4-6-17(15-16)24-13-11-23(12-14-24)10-9-21-20-22-18-7-2-3-8-19(18)25-20/h2-8,15H,9-14H2,1H3,(H,21,22). The molecule has 0 radical (unpaired) electrons. The molecule has 2 aromatic carbocycles. The second kappa shape index (κ2) is 7.15. The van der Waals surface area contributed by atoms with Gasteiger partial charge in [0.25, 0.3) is 6.01 Å². The monoisotopic (exact) mass is 336 g/mol. The summed E-state index contributed by atoms with van der Waals surface area (Å²) < 4.78 is 5.69. The summed E-state index contributed by atoms with van der Waals surface area (Å²) in [5, 5.41) is 3.30. The number of fused-ring (bicyclic) bond motifs is 1. The maximum Gasteiger partial charge on any atom is 0.295 e. The minimum absolute atomic E-state index is 0.611. The number of piperazine rings is 1. The number of nitrogens with one attached hydrogen (secondary N) is 1. The van der Waals surface area contributed by atoms with Crippen molar-refractivity contribution >= 4 is 22.8 Å². The van der Waals surface area contributed by atoms with Crippen LogP contribution in [0.15, 0.2) is 52.9 Å². The molecule has 5 heteroatoms. The topological polar surface area (TPSA) is 44.5 Å². The fourth-order valence-corrected chi connectivity index (χ4v) is 3.32. The van der Waals surface area contributed by atoms with E-state index in [-0.39, 0.29) is 0 Å². The zero-order valence-corrected chi connectivity index (χ0v) is 14.6. The minimum Gasteiger partial charge on any atom is -0.424 e. The molecule has 0 atom stereocenters. The van der Waals surface area contributed by atoms with E-state index in [1.807, 2.05) is 24.3 Å². The van der Waals surface area contributed by atoms with Crippen molar-refractivity contribution in [2.45, 2.75) is 6.92 Å². The summed E-state index contributed by atoms with van der Waals surface area (Å²) >= 11 is 0. The summed E-state index contributed by atoms with van der Waals surface area (Å²) in [6, 6.07) is 17.2. The van der Waals surface area contributed by atoms with E-state index < -0.39 is 0 Å². The molecule has 0 amide bonds. The van der Waals surface area contributed by atoms with E-state index in [1.54, 1.807) is 0 Å². The number of anilines is 2. The van der Waals surface area contributed by atoms with E-state index in [9.17, 15) is 0 Å². The number of oxazole rings is 1. The van der Waals surface area contributed by atoms with E-state index >= 15 is 0 Å². The zero-order valence-electron chi connectivity index (χ0n) is 14.6. The highest BCUT2D eigenvalue weighted by molar-refractivity contribution is 5.74. The molecular weight excluding hydrogens is 312 g/mol. The molecule has 0 spiro atoms. The predicted octanol–water partition coefficient (Wildman–Crippen LogP) is 3.37. The van der Waals surface area contributed by atoms with Gasteiger partial charge in [0.2, 0.25) is 0 Å². The van der Waals surface area contributed by atoms with Crippen LogP contribution in [0.4, 0.5) is 11.7 Å². The van der Waals surface area contributed by atoms with Gasteiger partial charge in [-0.1, -0.05) is 24.3 Å². The Balaban J connectivity index is 1.25. The van der Waals surface area contributed by atoms with Crippen LogP contribution < -0.4 is 10.2 Å². The molecule has 1 saturated heterocycles. The van der Waals surface area contributed by atoms with Gasteiger partial charge in [-0.2, -0.15) is 4.98 Å². The molecule has 4 rings (SSSR count). The van der Waals surface area contributed by atoms with Crippen molar-refractivity contribution in [2.24, 2.45) is 0 Å². The molecule has 1 aliphatic heterocycles. The first kappa shape index (κ1) is 16.0. The lowest BCUT2D eigenvalue weighted by atomic mass is 10.2. The molecule has 1 N–H and O–H groups in total. The number of aromatic nitrogens is 1. The van der Waals surface area contributed by atoms with Crippen LogP contribution >= 0.6 is 0 Å². The van der Waals surface area contributed by atoms with Gasteiger partial charge in [0.05, 0.1) is 0 Å². The number of aryl methyl sites for hydroxylation is 1. The summed E-state index contributed by atoms with van der Waals surface area (Å²) in [7, 11) is 0. The first-order valence-electron chi connectivity index (χ1n) is 8.91. The first-order chi connectivity index (χ1) is 12.3. The van der Waals surface area contributed by atoms with Crippen LogP contribution in [-0.4, -0.2) is 49.2 Å². The zero-order chi connectivity index (χ0) is 17.1. The molecule has 130 valence electrons. The number of benzene rings is 2. The van der Waals surface area contributed by atoms with Gasteiger partial charge in [-0.15, -0.1) is 0 Å².